The van der Waals surface area contributed by atoms with E-state index in [9.17, 15) is 5.11 Å². The van der Waals surface area contributed by atoms with E-state index in [0.717, 1.165) is 18.0 Å². The average Bonchev–Trinajstić information content (AvgIpc) is 2.84. The van der Waals surface area contributed by atoms with E-state index in [1.54, 1.807) is 6.07 Å². The maximum absolute atomic E-state index is 9.34. The molecule has 1 aromatic rings. The lowest BCUT2D eigenvalue weighted by molar-refractivity contribution is 0.380. The highest BCUT2D eigenvalue weighted by molar-refractivity contribution is 6.32. The molecule has 0 amide bonds. The lowest BCUT2D eigenvalue weighted by atomic mass is 9.99. The number of benzene rings is 1. The van der Waals surface area contributed by atoms with Crippen molar-refractivity contribution in [2.45, 2.75) is 45.2 Å². The molecule has 2 rings (SSSR count). The first-order valence-corrected chi connectivity index (χ1v) is 6.75. The van der Waals surface area contributed by atoms with E-state index in [4.69, 9.17) is 11.6 Å². The van der Waals surface area contributed by atoms with Gasteiger partial charge in [0.05, 0.1) is 5.02 Å². The molecule has 0 aromatic heterocycles. The Morgan fingerprint density at radius 3 is 2.76 bits per heavy atom. The first-order valence-electron chi connectivity index (χ1n) is 6.37. The van der Waals surface area contributed by atoms with Crippen molar-refractivity contribution >= 4 is 11.6 Å². The summed E-state index contributed by atoms with van der Waals surface area (Å²) in [6, 6.07) is 5.95. The van der Waals surface area contributed by atoms with Crippen LogP contribution < -0.4 is 5.32 Å². The third kappa shape index (κ3) is 3.36. The number of phenolic OH excluding ortho intramolecular Hbond substituents is 1. The molecular formula is C14H20ClNO. The number of halogens is 1. The number of hydrogen-bond donors (Lipinski definition) is 2. The van der Waals surface area contributed by atoms with Gasteiger partial charge in [0.1, 0.15) is 5.75 Å². The second-order valence-corrected chi connectivity index (χ2v) is 5.41. The smallest absolute Gasteiger partial charge is 0.134 e. The third-order valence-corrected chi connectivity index (χ3v) is 4.05. The lowest BCUT2D eigenvalue weighted by Gasteiger charge is -2.20. The van der Waals surface area contributed by atoms with Crippen molar-refractivity contribution in [2.75, 3.05) is 0 Å². The highest BCUT2D eigenvalue weighted by atomic mass is 35.5. The molecule has 3 heteroatoms. The molecule has 0 heterocycles. The van der Waals surface area contributed by atoms with Crippen LogP contribution in [-0.4, -0.2) is 11.1 Å². The highest BCUT2D eigenvalue weighted by Crippen LogP contribution is 2.28. The minimum absolute atomic E-state index is 0.152. The monoisotopic (exact) mass is 253 g/mol. The average molecular weight is 254 g/mol. The van der Waals surface area contributed by atoms with Gasteiger partial charge < -0.3 is 10.4 Å². The van der Waals surface area contributed by atoms with Gasteiger partial charge in [-0.3, -0.25) is 0 Å². The molecular weight excluding hydrogens is 234 g/mol. The SMILES string of the molecule is C[C@@H](NCc1ccc(O)c(Cl)c1)C1CCCC1. The van der Waals surface area contributed by atoms with Gasteiger partial charge in [0.2, 0.25) is 0 Å². The summed E-state index contributed by atoms with van der Waals surface area (Å²) < 4.78 is 0. The fraction of sp³-hybridized carbons (Fsp3) is 0.571. The summed E-state index contributed by atoms with van der Waals surface area (Å²) in [5.41, 5.74) is 1.12. The zero-order valence-corrected chi connectivity index (χ0v) is 11.0. The molecule has 94 valence electrons. The Bertz CT molecular complexity index is 374. The molecule has 1 aliphatic carbocycles. The predicted molar refractivity (Wildman–Crippen MR) is 71.4 cm³/mol. The maximum atomic E-state index is 9.34. The Morgan fingerprint density at radius 2 is 2.12 bits per heavy atom. The van der Waals surface area contributed by atoms with Gasteiger partial charge in [0, 0.05) is 12.6 Å². The molecule has 2 nitrogen and oxygen atoms in total. The molecule has 1 aliphatic rings. The summed E-state index contributed by atoms with van der Waals surface area (Å²) in [6.45, 7) is 3.08. The largest absolute Gasteiger partial charge is 0.506 e. The number of nitrogens with one attached hydrogen (secondary N) is 1. The predicted octanol–water partition coefficient (Wildman–Crippen LogP) is 3.71. The molecule has 1 saturated carbocycles. The van der Waals surface area contributed by atoms with E-state index in [0.29, 0.717) is 11.1 Å². The van der Waals surface area contributed by atoms with Gasteiger partial charge >= 0.3 is 0 Å². The third-order valence-electron chi connectivity index (χ3n) is 3.75. The molecule has 0 unspecified atom stereocenters. The quantitative estimate of drug-likeness (QED) is 0.857. The summed E-state index contributed by atoms with van der Waals surface area (Å²) in [6.07, 6.45) is 5.46. The van der Waals surface area contributed by atoms with Gasteiger partial charge in [-0.2, -0.15) is 0 Å². The van der Waals surface area contributed by atoms with Crippen LogP contribution in [0.3, 0.4) is 0 Å². The summed E-state index contributed by atoms with van der Waals surface area (Å²) in [5, 5.41) is 13.3. The zero-order chi connectivity index (χ0) is 12.3. The Hall–Kier alpha value is -0.730. The van der Waals surface area contributed by atoms with Crippen molar-refractivity contribution in [2.24, 2.45) is 5.92 Å². The van der Waals surface area contributed by atoms with Gasteiger partial charge in [-0.1, -0.05) is 30.5 Å². The van der Waals surface area contributed by atoms with Crippen LogP contribution in [0.1, 0.15) is 38.2 Å². The van der Waals surface area contributed by atoms with E-state index in [1.807, 2.05) is 12.1 Å². The standard InChI is InChI=1S/C14H20ClNO/c1-10(12-4-2-3-5-12)16-9-11-6-7-14(17)13(15)8-11/h6-8,10,12,16-17H,2-5,9H2,1H3/t10-/m1/s1. The second kappa shape index (κ2) is 5.74. The van der Waals surface area contributed by atoms with Gasteiger partial charge in [-0.15, -0.1) is 0 Å². The van der Waals surface area contributed by atoms with Crippen LogP contribution in [-0.2, 0) is 6.54 Å². The van der Waals surface area contributed by atoms with Gasteiger partial charge in [-0.05, 0) is 43.4 Å². The fourth-order valence-corrected chi connectivity index (χ4v) is 2.77. The van der Waals surface area contributed by atoms with Crippen molar-refractivity contribution in [3.63, 3.8) is 0 Å². The van der Waals surface area contributed by atoms with Gasteiger partial charge in [0.15, 0.2) is 0 Å². The molecule has 0 bridgehead atoms. The van der Waals surface area contributed by atoms with Crippen molar-refractivity contribution in [3.05, 3.63) is 28.8 Å². The van der Waals surface area contributed by atoms with Crippen LogP contribution in [0.4, 0.5) is 0 Å². The highest BCUT2D eigenvalue weighted by Gasteiger charge is 2.20. The topological polar surface area (TPSA) is 32.3 Å². The van der Waals surface area contributed by atoms with Crippen LogP contribution in [0.25, 0.3) is 0 Å². The summed E-state index contributed by atoms with van der Waals surface area (Å²) in [4.78, 5) is 0. The number of aromatic hydroxyl groups is 1. The molecule has 0 radical (unpaired) electrons. The molecule has 2 N–H and O–H groups in total. The number of phenols is 1. The van der Waals surface area contributed by atoms with Gasteiger partial charge in [0.25, 0.3) is 0 Å². The normalized spacial score (nSPS) is 18.5. The minimum atomic E-state index is 0.152. The first kappa shape index (κ1) is 12.7. The Kier molecular flexibility index (Phi) is 4.30. The Balaban J connectivity index is 1.86. The molecule has 1 fully saturated rings. The van der Waals surface area contributed by atoms with Crippen LogP contribution >= 0.6 is 11.6 Å². The van der Waals surface area contributed by atoms with E-state index in [1.165, 1.54) is 25.7 Å². The Labute approximate surface area is 108 Å². The summed E-state index contributed by atoms with van der Waals surface area (Å²) >= 11 is 5.88. The second-order valence-electron chi connectivity index (χ2n) is 5.00. The van der Waals surface area contributed by atoms with E-state index in [2.05, 4.69) is 12.2 Å². The van der Waals surface area contributed by atoms with E-state index < -0.39 is 0 Å². The number of hydrogen-bond acceptors (Lipinski definition) is 2. The number of rotatable bonds is 4. The molecule has 0 saturated heterocycles. The summed E-state index contributed by atoms with van der Waals surface area (Å²) in [5.74, 6) is 0.974. The van der Waals surface area contributed by atoms with Crippen molar-refractivity contribution < 1.29 is 5.11 Å². The first-order chi connectivity index (χ1) is 8.16. The van der Waals surface area contributed by atoms with Crippen LogP contribution in [0.2, 0.25) is 5.02 Å². The lowest BCUT2D eigenvalue weighted by Crippen LogP contribution is -2.31. The van der Waals surface area contributed by atoms with Crippen molar-refractivity contribution in [3.8, 4) is 5.75 Å². The van der Waals surface area contributed by atoms with Crippen molar-refractivity contribution in [1.29, 1.82) is 0 Å². The summed E-state index contributed by atoms with van der Waals surface area (Å²) in [7, 11) is 0. The maximum Gasteiger partial charge on any atom is 0.134 e. The van der Waals surface area contributed by atoms with Crippen LogP contribution in [0, 0.1) is 5.92 Å². The molecule has 1 aromatic carbocycles. The molecule has 0 aliphatic heterocycles. The van der Waals surface area contributed by atoms with Crippen molar-refractivity contribution in [1.82, 2.24) is 5.32 Å². The van der Waals surface area contributed by atoms with Crippen LogP contribution in [0.5, 0.6) is 5.75 Å². The van der Waals surface area contributed by atoms with E-state index in [-0.39, 0.29) is 5.75 Å². The van der Waals surface area contributed by atoms with Gasteiger partial charge in [-0.25, -0.2) is 0 Å². The molecule has 1 atom stereocenters. The molecule has 17 heavy (non-hydrogen) atoms. The fourth-order valence-electron chi connectivity index (χ4n) is 2.56. The van der Waals surface area contributed by atoms with E-state index >= 15 is 0 Å². The molecule has 0 spiro atoms. The zero-order valence-electron chi connectivity index (χ0n) is 10.2. The van der Waals surface area contributed by atoms with Crippen LogP contribution in [0.15, 0.2) is 18.2 Å². The Morgan fingerprint density at radius 1 is 1.41 bits per heavy atom. The minimum Gasteiger partial charge on any atom is -0.506 e.